The number of benzene rings is 4. The number of ether oxygens (including phenoxy) is 3. The van der Waals surface area contributed by atoms with Crippen LogP contribution in [0.25, 0.3) is 43.2 Å². The number of piperazine rings is 1. The fourth-order valence-electron chi connectivity index (χ4n) is 11.3. The molecular formula is C60H67ClFN9O9S. The van der Waals surface area contributed by atoms with Gasteiger partial charge in [0, 0.05) is 87.9 Å². The summed E-state index contributed by atoms with van der Waals surface area (Å²) in [6.45, 7) is 17.6. The van der Waals surface area contributed by atoms with Crippen molar-refractivity contribution in [3.8, 4) is 39.1 Å². The molecule has 4 aromatic carbocycles. The zero-order valence-corrected chi connectivity index (χ0v) is 47.6. The highest BCUT2D eigenvalue weighted by molar-refractivity contribution is 7.13. The van der Waals surface area contributed by atoms with Crippen LogP contribution in [0.5, 0.6) is 17.5 Å². The van der Waals surface area contributed by atoms with Gasteiger partial charge in [-0.1, -0.05) is 73.6 Å². The van der Waals surface area contributed by atoms with E-state index in [1.807, 2.05) is 75.1 Å². The molecule has 0 spiro atoms. The third-order valence-corrected chi connectivity index (χ3v) is 16.6. The molecule has 18 nitrogen and oxygen atoms in total. The van der Waals surface area contributed by atoms with E-state index in [0.29, 0.717) is 78.7 Å². The van der Waals surface area contributed by atoms with E-state index in [4.69, 9.17) is 35.3 Å². The van der Waals surface area contributed by atoms with Gasteiger partial charge < -0.3 is 49.0 Å². The first-order valence-corrected chi connectivity index (χ1v) is 28.7. The number of β-amino-alcohol motifs (C(OH)–C–C–N with tert-alkyl or cyclic N) is 1. The van der Waals surface area contributed by atoms with Crippen LogP contribution < -0.4 is 19.7 Å². The molecule has 81 heavy (non-hydrogen) atoms. The number of thiazole rings is 1. The number of piperidine rings is 1. The number of rotatable bonds is 19. The number of carbonyl (C=O) groups excluding carboxylic acids is 3. The SMILES string of the molecule is C=CC(=O)N1CCN(c2nc(O[C@H](C)CN3CCC(OCCOc4cc(-c5scnc5C)ccc4CNC(=O)C4CC(O)CN4C(=O)[C@@H](c4cc(C)no4)C(C)C)CC3)nc3c(F)c(-c4cc(O)cc5ccccc45)c(Cl)cc23)CC1. The van der Waals surface area contributed by atoms with Crippen molar-refractivity contribution in [1.29, 1.82) is 0 Å². The molecule has 3 N–H and O–H groups in total. The van der Waals surface area contributed by atoms with Crippen LogP contribution in [0.4, 0.5) is 10.2 Å². The van der Waals surface area contributed by atoms with E-state index in [2.05, 4.69) is 31.9 Å². The molecule has 0 radical (unpaired) electrons. The number of likely N-dealkylation sites (tertiary alicyclic amines) is 2. The van der Waals surface area contributed by atoms with Gasteiger partial charge in [-0.25, -0.2) is 9.37 Å². The first-order valence-electron chi connectivity index (χ1n) is 27.5. The van der Waals surface area contributed by atoms with Gasteiger partial charge in [0.25, 0.3) is 0 Å². The predicted molar refractivity (Wildman–Crippen MR) is 308 cm³/mol. The summed E-state index contributed by atoms with van der Waals surface area (Å²) in [5, 5.41) is 30.4. The van der Waals surface area contributed by atoms with Crippen molar-refractivity contribution in [2.45, 2.75) is 90.7 Å². The van der Waals surface area contributed by atoms with Gasteiger partial charge in [-0.3, -0.25) is 19.3 Å². The number of nitrogens with one attached hydrogen (secondary N) is 1. The normalized spacial score (nSPS) is 18.0. The van der Waals surface area contributed by atoms with Crippen LogP contribution in [-0.2, 0) is 25.7 Å². The Bertz CT molecular complexity index is 3450. The Morgan fingerprint density at radius 2 is 1.75 bits per heavy atom. The fourth-order valence-corrected chi connectivity index (χ4v) is 12.4. The van der Waals surface area contributed by atoms with E-state index in [-0.39, 0.29) is 83.7 Å². The zero-order chi connectivity index (χ0) is 57.1. The van der Waals surface area contributed by atoms with Gasteiger partial charge in [0.1, 0.15) is 53.3 Å². The maximum absolute atomic E-state index is 17.2. The second kappa shape index (κ2) is 24.9. The number of phenols is 1. The summed E-state index contributed by atoms with van der Waals surface area (Å²) < 4.78 is 42.0. The molecular weight excluding hydrogens is 1080 g/mol. The molecule has 2 unspecified atom stereocenters. The number of aliphatic hydroxyl groups is 1. The largest absolute Gasteiger partial charge is 0.508 e. The maximum atomic E-state index is 17.2. The van der Waals surface area contributed by atoms with Crippen molar-refractivity contribution >= 4 is 68.2 Å². The van der Waals surface area contributed by atoms with Crippen molar-refractivity contribution < 1.29 is 47.7 Å². The van der Waals surface area contributed by atoms with Gasteiger partial charge in [-0.05, 0) is 91.8 Å². The Labute approximate surface area is 478 Å². The van der Waals surface area contributed by atoms with E-state index in [1.165, 1.54) is 28.4 Å². The van der Waals surface area contributed by atoms with Crippen molar-refractivity contribution in [3.05, 3.63) is 118 Å². The number of fused-ring (bicyclic) bond motifs is 2. The third-order valence-electron chi connectivity index (χ3n) is 15.4. The average molecular weight is 1140 g/mol. The van der Waals surface area contributed by atoms with Gasteiger partial charge in [0.05, 0.1) is 45.6 Å². The molecule has 6 heterocycles. The minimum Gasteiger partial charge on any atom is -0.508 e. The average Bonchev–Trinajstić information content (AvgIpc) is 4.17. The molecule has 7 aromatic rings. The van der Waals surface area contributed by atoms with Gasteiger partial charge in [0.15, 0.2) is 5.82 Å². The molecule has 4 atom stereocenters. The molecule has 3 fully saturated rings. The van der Waals surface area contributed by atoms with E-state index in [9.17, 15) is 24.6 Å². The number of amides is 3. The summed E-state index contributed by atoms with van der Waals surface area (Å²) >= 11 is 8.49. The topological polar surface area (TPSA) is 209 Å². The van der Waals surface area contributed by atoms with Crippen molar-refractivity contribution in [2.75, 3.05) is 70.5 Å². The highest BCUT2D eigenvalue weighted by Gasteiger charge is 2.43. The van der Waals surface area contributed by atoms with Crippen LogP contribution in [0, 0.1) is 25.6 Å². The molecule has 0 aliphatic carbocycles. The number of carbonyl (C=O) groups is 3. The number of anilines is 1. The van der Waals surface area contributed by atoms with Crippen molar-refractivity contribution in [2.24, 2.45) is 5.92 Å². The summed E-state index contributed by atoms with van der Waals surface area (Å²) in [6.07, 6.45) is 1.68. The Balaban J connectivity index is 0.770. The van der Waals surface area contributed by atoms with Crippen LogP contribution in [0.2, 0.25) is 5.02 Å². The molecule has 3 aromatic heterocycles. The molecule has 3 amide bonds. The number of aliphatic hydroxyl groups excluding tert-OH is 1. The Morgan fingerprint density at radius 3 is 2.47 bits per heavy atom. The second-order valence-corrected chi connectivity index (χ2v) is 22.7. The zero-order valence-electron chi connectivity index (χ0n) is 46.1. The lowest BCUT2D eigenvalue weighted by Gasteiger charge is -2.35. The summed E-state index contributed by atoms with van der Waals surface area (Å²) in [4.78, 5) is 62.8. The van der Waals surface area contributed by atoms with Crippen molar-refractivity contribution in [3.63, 3.8) is 0 Å². The second-order valence-electron chi connectivity index (χ2n) is 21.4. The lowest BCUT2D eigenvalue weighted by Crippen LogP contribution is -2.48. The minimum atomic E-state index is -0.875. The van der Waals surface area contributed by atoms with Crippen LogP contribution in [-0.4, -0.2) is 153 Å². The minimum absolute atomic E-state index is 0.000754. The van der Waals surface area contributed by atoms with Gasteiger partial charge in [0.2, 0.25) is 17.7 Å². The summed E-state index contributed by atoms with van der Waals surface area (Å²) in [5.74, 6) is -0.907. The Kier molecular flexibility index (Phi) is 17.5. The highest BCUT2D eigenvalue weighted by atomic mass is 35.5. The first kappa shape index (κ1) is 57.0. The predicted octanol–water partition coefficient (Wildman–Crippen LogP) is 8.86. The quantitative estimate of drug-likeness (QED) is 0.0510. The first-order chi connectivity index (χ1) is 39.0. The summed E-state index contributed by atoms with van der Waals surface area (Å²) in [5.41, 5.74) is 5.55. The van der Waals surface area contributed by atoms with E-state index in [1.54, 1.807) is 35.5 Å². The third kappa shape index (κ3) is 12.6. The number of nitrogens with zero attached hydrogens (tertiary/aromatic N) is 8. The van der Waals surface area contributed by atoms with Crippen LogP contribution in [0.15, 0.2) is 89.4 Å². The molecule has 0 saturated carbocycles. The van der Waals surface area contributed by atoms with E-state index >= 15 is 4.39 Å². The summed E-state index contributed by atoms with van der Waals surface area (Å²) in [7, 11) is 0. The highest BCUT2D eigenvalue weighted by Crippen LogP contribution is 2.43. The van der Waals surface area contributed by atoms with Gasteiger partial charge in [-0.2, -0.15) is 9.97 Å². The molecule has 21 heteroatoms. The van der Waals surface area contributed by atoms with E-state index in [0.717, 1.165) is 53.0 Å². The number of hydrogen-bond donors (Lipinski definition) is 3. The molecule has 426 valence electrons. The number of aromatic nitrogens is 4. The number of hydrogen-bond acceptors (Lipinski definition) is 16. The molecule has 3 aliphatic rings. The smallest absolute Gasteiger partial charge is 0.319 e. The van der Waals surface area contributed by atoms with Crippen molar-refractivity contribution in [1.82, 2.24) is 40.1 Å². The van der Waals surface area contributed by atoms with Gasteiger partial charge in [-0.15, -0.1) is 11.3 Å². The number of halogens is 2. The number of aryl methyl sites for hydroxylation is 2. The molecule has 3 aliphatic heterocycles. The standard InChI is InChI=1S/C60H67ClFN9O9S/c1-7-51(74)69-18-20-70(21-19-69)57-46-29-47(61)53(45-27-41(72)25-38-10-8-9-11-44(38)45)54(62)55(46)65-60(66-57)79-36(5)31-68-16-14-43(15-17-68)77-22-23-78-49-26-39(56-37(6)64-33-81-56)12-13-40(49)30-63-58(75)48-28-42(73)32-71(48)59(76)52(34(2)3)50-24-35(4)67-80-50/h7-13,24-27,29,33-34,36,42-43,48,52,72-73H,1,14-23,28,30-32H2,2-6H3,(H,63,75)/t36-,42?,48?,52-/m1/s1. The lowest BCUT2D eigenvalue weighted by molar-refractivity contribution is -0.141. The van der Waals surface area contributed by atoms with Gasteiger partial charge >= 0.3 is 6.01 Å². The maximum Gasteiger partial charge on any atom is 0.319 e. The number of aromatic hydroxyl groups is 1. The lowest BCUT2D eigenvalue weighted by atomic mass is 9.91. The Morgan fingerprint density at radius 1 is 0.975 bits per heavy atom. The van der Waals surface area contributed by atoms with Crippen LogP contribution >= 0.6 is 22.9 Å². The fraction of sp³-hybridized carbons (Fsp3) is 0.417. The summed E-state index contributed by atoms with van der Waals surface area (Å²) in [6, 6.07) is 18.9. The number of phenolic OH excluding ortho intramolecular Hbond substituents is 1. The van der Waals surface area contributed by atoms with Crippen LogP contribution in [0.3, 0.4) is 0 Å². The van der Waals surface area contributed by atoms with E-state index < -0.39 is 30.0 Å². The van der Waals surface area contributed by atoms with Crippen LogP contribution in [0.1, 0.15) is 68.7 Å². The monoisotopic (exact) mass is 1140 g/mol. The molecule has 0 bridgehead atoms. The molecule has 10 rings (SSSR count). The Hall–Kier alpha value is -7.23. The molecule has 3 saturated heterocycles.